The molecule has 1 N–H and O–H groups in total. The van der Waals surface area contributed by atoms with Crippen molar-refractivity contribution in [3.63, 3.8) is 0 Å². The second-order valence-electron chi connectivity index (χ2n) is 5.11. The third kappa shape index (κ3) is 3.93. The first kappa shape index (κ1) is 13.8. The molecule has 1 aromatic carbocycles. The zero-order chi connectivity index (χ0) is 13.7. The predicted octanol–water partition coefficient (Wildman–Crippen LogP) is 2.49. The second kappa shape index (κ2) is 6.53. The summed E-state index contributed by atoms with van der Waals surface area (Å²) in [5.41, 5.74) is 4.09. The summed E-state index contributed by atoms with van der Waals surface area (Å²) < 4.78 is 1.87. The number of nitrogens with one attached hydrogen (secondary N) is 1. The summed E-state index contributed by atoms with van der Waals surface area (Å²) in [4.78, 5) is 0. The van der Waals surface area contributed by atoms with Crippen molar-refractivity contribution in [2.45, 2.75) is 32.7 Å². The van der Waals surface area contributed by atoms with Crippen LogP contribution in [-0.2, 0) is 19.9 Å². The number of rotatable bonds is 6. The smallest absolute Gasteiger partial charge is 0.0522 e. The Balaban J connectivity index is 2.06. The van der Waals surface area contributed by atoms with E-state index in [0.29, 0.717) is 6.04 Å². The van der Waals surface area contributed by atoms with Crippen molar-refractivity contribution in [1.29, 1.82) is 0 Å². The van der Waals surface area contributed by atoms with Crippen LogP contribution in [0.5, 0.6) is 0 Å². The van der Waals surface area contributed by atoms with Crippen molar-refractivity contribution in [2.75, 3.05) is 6.54 Å². The molecule has 0 saturated heterocycles. The van der Waals surface area contributed by atoms with Gasteiger partial charge >= 0.3 is 0 Å². The third-order valence-corrected chi connectivity index (χ3v) is 3.46. The minimum absolute atomic E-state index is 0.468. The van der Waals surface area contributed by atoms with Crippen molar-refractivity contribution in [3.05, 3.63) is 53.3 Å². The highest BCUT2D eigenvalue weighted by atomic mass is 15.2. The SMILES string of the molecule is CCNC(Cc1cnn(C)c1)Cc1ccccc1C. The topological polar surface area (TPSA) is 29.9 Å². The lowest BCUT2D eigenvalue weighted by atomic mass is 9.97. The molecule has 0 bridgehead atoms. The lowest BCUT2D eigenvalue weighted by molar-refractivity contribution is 0.520. The molecule has 1 unspecified atom stereocenters. The maximum Gasteiger partial charge on any atom is 0.0522 e. The molecule has 0 aliphatic rings. The molecule has 102 valence electrons. The molecule has 0 aliphatic heterocycles. The average Bonchev–Trinajstić information content (AvgIpc) is 2.78. The van der Waals surface area contributed by atoms with Crippen LogP contribution in [0.15, 0.2) is 36.7 Å². The Morgan fingerprint density at radius 3 is 2.68 bits per heavy atom. The Labute approximate surface area is 115 Å². The summed E-state index contributed by atoms with van der Waals surface area (Å²) in [7, 11) is 1.97. The molecular weight excluding hydrogens is 234 g/mol. The van der Waals surface area contributed by atoms with E-state index >= 15 is 0 Å². The summed E-state index contributed by atoms with van der Waals surface area (Å²) in [6.07, 6.45) is 6.15. The summed E-state index contributed by atoms with van der Waals surface area (Å²) >= 11 is 0. The number of benzene rings is 1. The van der Waals surface area contributed by atoms with E-state index in [9.17, 15) is 0 Å². The van der Waals surface area contributed by atoms with Crippen molar-refractivity contribution in [2.24, 2.45) is 7.05 Å². The number of aromatic nitrogens is 2. The Bertz CT molecular complexity index is 516. The predicted molar refractivity (Wildman–Crippen MR) is 79.3 cm³/mol. The van der Waals surface area contributed by atoms with Crippen molar-refractivity contribution in [1.82, 2.24) is 15.1 Å². The molecule has 0 saturated carbocycles. The molecule has 3 nitrogen and oxygen atoms in total. The van der Waals surface area contributed by atoms with Gasteiger partial charge in [-0.05, 0) is 43.0 Å². The molecule has 0 radical (unpaired) electrons. The number of likely N-dealkylation sites (N-methyl/N-ethyl adjacent to an activating group) is 1. The zero-order valence-electron chi connectivity index (χ0n) is 12.1. The minimum atomic E-state index is 0.468. The molecule has 1 aromatic heterocycles. The van der Waals surface area contributed by atoms with Crippen LogP contribution < -0.4 is 5.32 Å². The lowest BCUT2D eigenvalue weighted by Gasteiger charge is -2.18. The minimum Gasteiger partial charge on any atom is -0.314 e. The highest BCUT2D eigenvalue weighted by molar-refractivity contribution is 5.26. The summed E-state index contributed by atoms with van der Waals surface area (Å²) in [5, 5.41) is 7.82. The van der Waals surface area contributed by atoms with Crippen molar-refractivity contribution < 1.29 is 0 Å². The third-order valence-electron chi connectivity index (χ3n) is 3.46. The van der Waals surface area contributed by atoms with Crippen LogP contribution >= 0.6 is 0 Å². The van der Waals surface area contributed by atoms with Gasteiger partial charge in [-0.2, -0.15) is 5.10 Å². The Hall–Kier alpha value is -1.61. The normalized spacial score (nSPS) is 12.6. The molecule has 0 amide bonds. The van der Waals surface area contributed by atoms with E-state index in [4.69, 9.17) is 0 Å². The largest absolute Gasteiger partial charge is 0.314 e. The quantitative estimate of drug-likeness (QED) is 0.861. The maximum atomic E-state index is 4.24. The number of hydrogen-bond acceptors (Lipinski definition) is 2. The molecule has 0 aliphatic carbocycles. The Kier molecular flexibility index (Phi) is 4.74. The van der Waals surface area contributed by atoms with Crippen LogP contribution in [0.1, 0.15) is 23.6 Å². The molecule has 3 heteroatoms. The van der Waals surface area contributed by atoms with Gasteiger partial charge in [0.1, 0.15) is 0 Å². The van der Waals surface area contributed by atoms with Crippen LogP contribution in [0, 0.1) is 6.92 Å². The first-order valence-electron chi connectivity index (χ1n) is 6.94. The van der Waals surface area contributed by atoms with Crippen molar-refractivity contribution >= 4 is 0 Å². The molecule has 0 spiro atoms. The molecule has 1 heterocycles. The standard InChI is InChI=1S/C16H23N3/c1-4-17-16(9-14-11-18-19(3)12-14)10-15-8-6-5-7-13(15)2/h5-8,11-12,16-17H,4,9-10H2,1-3H3. The summed E-state index contributed by atoms with van der Waals surface area (Å²) in [6, 6.07) is 9.10. The van der Waals surface area contributed by atoms with E-state index in [0.717, 1.165) is 19.4 Å². The first-order valence-corrected chi connectivity index (χ1v) is 6.94. The van der Waals surface area contributed by atoms with E-state index < -0.39 is 0 Å². The fourth-order valence-electron chi connectivity index (χ4n) is 2.47. The van der Waals surface area contributed by atoms with Gasteiger partial charge in [-0.15, -0.1) is 0 Å². The van der Waals surface area contributed by atoms with Gasteiger partial charge in [0.05, 0.1) is 6.20 Å². The van der Waals surface area contributed by atoms with Gasteiger partial charge < -0.3 is 5.32 Å². The molecule has 0 fully saturated rings. The van der Waals surface area contributed by atoms with Crippen LogP contribution in [-0.4, -0.2) is 22.4 Å². The second-order valence-corrected chi connectivity index (χ2v) is 5.11. The van der Waals surface area contributed by atoms with Crippen LogP contribution in [0.25, 0.3) is 0 Å². The molecule has 1 atom stereocenters. The van der Waals surface area contributed by atoms with Crippen LogP contribution in [0.2, 0.25) is 0 Å². The van der Waals surface area contributed by atoms with E-state index in [2.05, 4.69) is 54.7 Å². The Morgan fingerprint density at radius 2 is 2.05 bits per heavy atom. The van der Waals surface area contributed by atoms with Gasteiger partial charge in [0.25, 0.3) is 0 Å². The first-order chi connectivity index (χ1) is 9.19. The van der Waals surface area contributed by atoms with Gasteiger partial charge in [0, 0.05) is 19.3 Å². The zero-order valence-corrected chi connectivity index (χ0v) is 12.1. The Morgan fingerprint density at radius 1 is 1.26 bits per heavy atom. The van der Waals surface area contributed by atoms with Crippen molar-refractivity contribution in [3.8, 4) is 0 Å². The fraction of sp³-hybridized carbons (Fsp3) is 0.438. The van der Waals surface area contributed by atoms with E-state index in [-0.39, 0.29) is 0 Å². The lowest BCUT2D eigenvalue weighted by Crippen LogP contribution is -2.33. The molecular formula is C16H23N3. The van der Waals surface area contributed by atoms with Crippen LogP contribution in [0.3, 0.4) is 0 Å². The van der Waals surface area contributed by atoms with Gasteiger partial charge in [-0.3, -0.25) is 4.68 Å². The molecule has 19 heavy (non-hydrogen) atoms. The highest BCUT2D eigenvalue weighted by Crippen LogP contribution is 2.12. The number of aryl methyl sites for hydroxylation is 2. The summed E-state index contributed by atoms with van der Waals surface area (Å²) in [6.45, 7) is 5.34. The highest BCUT2D eigenvalue weighted by Gasteiger charge is 2.11. The van der Waals surface area contributed by atoms with Gasteiger partial charge in [-0.1, -0.05) is 31.2 Å². The van der Waals surface area contributed by atoms with Gasteiger partial charge in [0.2, 0.25) is 0 Å². The fourth-order valence-corrected chi connectivity index (χ4v) is 2.47. The van der Waals surface area contributed by atoms with E-state index in [1.165, 1.54) is 16.7 Å². The summed E-state index contributed by atoms with van der Waals surface area (Å²) in [5.74, 6) is 0. The number of nitrogens with zero attached hydrogens (tertiary/aromatic N) is 2. The van der Waals surface area contributed by atoms with Gasteiger partial charge in [-0.25, -0.2) is 0 Å². The average molecular weight is 257 g/mol. The maximum absolute atomic E-state index is 4.24. The van der Waals surface area contributed by atoms with Crippen LogP contribution in [0.4, 0.5) is 0 Å². The van der Waals surface area contributed by atoms with Gasteiger partial charge in [0.15, 0.2) is 0 Å². The molecule has 2 rings (SSSR count). The molecule has 2 aromatic rings. The van der Waals surface area contributed by atoms with E-state index in [1.807, 2.05) is 17.9 Å². The van der Waals surface area contributed by atoms with E-state index in [1.54, 1.807) is 0 Å². The number of hydrogen-bond donors (Lipinski definition) is 1. The monoisotopic (exact) mass is 257 g/mol.